The molecule has 6 nitrogen and oxygen atoms in total. The van der Waals surface area contributed by atoms with E-state index in [0.29, 0.717) is 35.1 Å². The fraction of sp³-hybridized carbons (Fsp3) is 0.227. The maximum atomic E-state index is 12.6. The standard InChI is InChI=1S/C22H19ClN2O4/c23-14-10-11-19(29-15-6-2-1-3-7-15)18(12-14)24-20(26)13-25-21(27)16-8-4-5-9-17(16)22(25)28/h1-7,10-12,16-17H,8-9,13H2,(H,24,26). The molecule has 2 aromatic carbocycles. The summed E-state index contributed by atoms with van der Waals surface area (Å²) in [6, 6.07) is 14.0. The van der Waals surface area contributed by atoms with Gasteiger partial charge in [-0.2, -0.15) is 0 Å². The van der Waals surface area contributed by atoms with Crippen LogP contribution in [0.1, 0.15) is 12.8 Å². The summed E-state index contributed by atoms with van der Waals surface area (Å²) < 4.78 is 5.83. The summed E-state index contributed by atoms with van der Waals surface area (Å²) in [5.41, 5.74) is 0.365. The number of likely N-dealkylation sites (tertiary alicyclic amines) is 1. The smallest absolute Gasteiger partial charge is 0.244 e. The first-order chi connectivity index (χ1) is 14.0. The maximum absolute atomic E-state index is 12.6. The minimum Gasteiger partial charge on any atom is -0.455 e. The number of halogens is 1. The zero-order valence-electron chi connectivity index (χ0n) is 15.5. The number of anilines is 1. The molecular weight excluding hydrogens is 392 g/mol. The molecule has 1 N–H and O–H groups in total. The molecule has 2 atom stereocenters. The molecule has 1 aliphatic heterocycles. The molecule has 0 aromatic heterocycles. The van der Waals surface area contributed by atoms with Crippen LogP contribution in [-0.2, 0) is 14.4 Å². The van der Waals surface area contributed by atoms with Gasteiger partial charge in [-0.25, -0.2) is 0 Å². The molecule has 2 aliphatic rings. The van der Waals surface area contributed by atoms with E-state index in [2.05, 4.69) is 5.32 Å². The molecule has 1 fully saturated rings. The Balaban J connectivity index is 1.48. The summed E-state index contributed by atoms with van der Waals surface area (Å²) in [5, 5.41) is 3.13. The van der Waals surface area contributed by atoms with Crippen molar-refractivity contribution in [1.82, 2.24) is 4.90 Å². The molecule has 7 heteroatoms. The van der Waals surface area contributed by atoms with Gasteiger partial charge >= 0.3 is 0 Å². The Hall–Kier alpha value is -3.12. The lowest BCUT2D eigenvalue weighted by Gasteiger charge is -2.16. The molecule has 1 saturated heterocycles. The summed E-state index contributed by atoms with van der Waals surface area (Å²) in [7, 11) is 0. The lowest BCUT2D eigenvalue weighted by molar-refractivity contribution is -0.142. The molecule has 0 bridgehead atoms. The van der Waals surface area contributed by atoms with Gasteiger partial charge in [0, 0.05) is 5.02 Å². The Morgan fingerprint density at radius 3 is 2.34 bits per heavy atom. The Morgan fingerprint density at radius 1 is 1.03 bits per heavy atom. The van der Waals surface area contributed by atoms with Crippen molar-refractivity contribution < 1.29 is 19.1 Å². The highest BCUT2D eigenvalue weighted by atomic mass is 35.5. The second-order valence-electron chi connectivity index (χ2n) is 7.02. The molecule has 2 unspecified atom stereocenters. The van der Waals surface area contributed by atoms with Gasteiger partial charge < -0.3 is 10.1 Å². The predicted molar refractivity (Wildman–Crippen MR) is 109 cm³/mol. The molecule has 29 heavy (non-hydrogen) atoms. The van der Waals surface area contributed by atoms with Crippen LogP contribution < -0.4 is 10.1 Å². The van der Waals surface area contributed by atoms with Crippen LogP contribution in [0, 0.1) is 11.8 Å². The second kappa shape index (κ2) is 8.09. The van der Waals surface area contributed by atoms with E-state index >= 15 is 0 Å². The predicted octanol–water partition coefficient (Wildman–Crippen LogP) is 4.02. The number of imide groups is 1. The van der Waals surface area contributed by atoms with Crippen LogP contribution in [0.3, 0.4) is 0 Å². The molecule has 2 aromatic rings. The maximum Gasteiger partial charge on any atom is 0.244 e. The number of hydrogen-bond donors (Lipinski definition) is 1. The van der Waals surface area contributed by atoms with Crippen molar-refractivity contribution in [2.45, 2.75) is 12.8 Å². The fourth-order valence-corrected chi connectivity index (χ4v) is 3.83. The number of benzene rings is 2. The highest BCUT2D eigenvalue weighted by molar-refractivity contribution is 6.31. The number of amides is 3. The number of carbonyl (C=O) groups excluding carboxylic acids is 3. The van der Waals surface area contributed by atoms with Gasteiger partial charge in [0.1, 0.15) is 12.3 Å². The van der Waals surface area contributed by atoms with Crippen LogP contribution in [0.15, 0.2) is 60.7 Å². The molecule has 148 valence electrons. The van der Waals surface area contributed by atoms with Crippen LogP contribution in [0.5, 0.6) is 11.5 Å². The summed E-state index contributed by atoms with van der Waals surface area (Å²) in [6.45, 7) is -0.331. The van der Waals surface area contributed by atoms with Crippen LogP contribution in [-0.4, -0.2) is 29.2 Å². The minimum atomic E-state index is -0.488. The molecule has 3 amide bonds. The summed E-state index contributed by atoms with van der Waals surface area (Å²) in [6.07, 6.45) is 4.90. The van der Waals surface area contributed by atoms with Gasteiger partial charge in [-0.3, -0.25) is 19.3 Å². The molecular formula is C22H19ClN2O4. The quantitative estimate of drug-likeness (QED) is 0.596. The first-order valence-corrected chi connectivity index (χ1v) is 9.73. The zero-order valence-corrected chi connectivity index (χ0v) is 16.3. The number of allylic oxidation sites excluding steroid dienone is 2. The molecule has 0 saturated carbocycles. The highest BCUT2D eigenvalue weighted by Crippen LogP contribution is 2.35. The number of para-hydroxylation sites is 1. The summed E-state index contributed by atoms with van der Waals surface area (Å²) in [4.78, 5) is 38.8. The van der Waals surface area contributed by atoms with Gasteiger partial charge in [0.2, 0.25) is 17.7 Å². The van der Waals surface area contributed by atoms with Crippen molar-refractivity contribution in [3.63, 3.8) is 0 Å². The van der Waals surface area contributed by atoms with Gasteiger partial charge in [-0.05, 0) is 43.2 Å². The topological polar surface area (TPSA) is 75.7 Å². The monoisotopic (exact) mass is 410 g/mol. The van der Waals surface area contributed by atoms with Crippen LogP contribution in [0.2, 0.25) is 5.02 Å². The van der Waals surface area contributed by atoms with Gasteiger partial charge in [0.25, 0.3) is 0 Å². The largest absolute Gasteiger partial charge is 0.455 e. The minimum absolute atomic E-state index is 0.286. The van der Waals surface area contributed by atoms with E-state index in [9.17, 15) is 14.4 Å². The van der Waals surface area contributed by atoms with E-state index in [1.54, 1.807) is 30.3 Å². The average Bonchev–Trinajstić information content (AvgIpc) is 2.96. The molecule has 1 heterocycles. The van der Waals surface area contributed by atoms with E-state index in [1.807, 2.05) is 30.4 Å². The number of ether oxygens (including phenoxy) is 1. The van der Waals surface area contributed by atoms with Gasteiger partial charge in [0.15, 0.2) is 5.75 Å². The van der Waals surface area contributed by atoms with Gasteiger partial charge in [-0.15, -0.1) is 0 Å². The molecule has 0 spiro atoms. The van der Waals surface area contributed by atoms with E-state index in [4.69, 9.17) is 16.3 Å². The van der Waals surface area contributed by atoms with Gasteiger partial charge in [-0.1, -0.05) is 42.0 Å². The highest BCUT2D eigenvalue weighted by Gasteiger charge is 2.47. The number of nitrogens with zero attached hydrogens (tertiary/aromatic N) is 1. The first kappa shape index (κ1) is 19.2. The Bertz CT molecular complexity index is 964. The van der Waals surface area contributed by atoms with Crippen LogP contribution >= 0.6 is 11.6 Å². The third-order valence-electron chi connectivity index (χ3n) is 5.09. The normalized spacial score (nSPS) is 20.5. The van der Waals surface area contributed by atoms with Crippen molar-refractivity contribution in [2.75, 3.05) is 11.9 Å². The second-order valence-corrected chi connectivity index (χ2v) is 7.46. The van der Waals surface area contributed by atoms with E-state index in [0.717, 1.165) is 4.90 Å². The number of nitrogens with one attached hydrogen (secondary N) is 1. The first-order valence-electron chi connectivity index (χ1n) is 9.35. The zero-order chi connectivity index (χ0) is 20.4. The van der Waals surface area contributed by atoms with Gasteiger partial charge in [0.05, 0.1) is 17.5 Å². The molecule has 0 radical (unpaired) electrons. The number of hydrogen-bond acceptors (Lipinski definition) is 4. The third-order valence-corrected chi connectivity index (χ3v) is 5.32. The SMILES string of the molecule is O=C(CN1C(=O)C2CC=CCC2C1=O)Nc1cc(Cl)ccc1Oc1ccccc1. The van der Waals surface area contributed by atoms with E-state index < -0.39 is 5.91 Å². The third kappa shape index (κ3) is 4.03. The summed E-state index contributed by atoms with van der Waals surface area (Å²) >= 11 is 6.07. The lowest BCUT2D eigenvalue weighted by atomic mass is 9.85. The van der Waals surface area contributed by atoms with Crippen molar-refractivity contribution in [3.8, 4) is 11.5 Å². The molecule has 4 rings (SSSR count). The van der Waals surface area contributed by atoms with Crippen molar-refractivity contribution in [3.05, 3.63) is 65.7 Å². The van der Waals surface area contributed by atoms with Crippen LogP contribution in [0.25, 0.3) is 0 Å². The van der Waals surface area contributed by atoms with Crippen LogP contribution in [0.4, 0.5) is 5.69 Å². The fourth-order valence-electron chi connectivity index (χ4n) is 3.66. The number of fused-ring (bicyclic) bond motifs is 1. The Labute approximate surface area is 173 Å². The Kier molecular flexibility index (Phi) is 5.36. The number of rotatable bonds is 5. The van der Waals surface area contributed by atoms with Crippen molar-refractivity contribution >= 4 is 35.0 Å². The van der Waals surface area contributed by atoms with E-state index in [1.165, 1.54) is 0 Å². The Morgan fingerprint density at radius 2 is 1.69 bits per heavy atom. The van der Waals surface area contributed by atoms with Crippen molar-refractivity contribution in [2.24, 2.45) is 11.8 Å². The van der Waals surface area contributed by atoms with E-state index in [-0.39, 0.29) is 30.2 Å². The van der Waals surface area contributed by atoms with Crippen molar-refractivity contribution in [1.29, 1.82) is 0 Å². The number of carbonyl (C=O) groups is 3. The summed E-state index contributed by atoms with van der Waals surface area (Å²) in [5.74, 6) is -0.763. The average molecular weight is 411 g/mol. The lowest BCUT2D eigenvalue weighted by Crippen LogP contribution is -2.38. The molecule has 1 aliphatic carbocycles.